The van der Waals surface area contributed by atoms with Crippen LogP contribution < -0.4 is 11.1 Å². The number of rotatable bonds is 5. The molecule has 2 rings (SSSR count). The van der Waals surface area contributed by atoms with Gasteiger partial charge in [0.1, 0.15) is 0 Å². The maximum atomic E-state index is 12.5. The minimum Gasteiger partial charge on any atom is -0.355 e. The summed E-state index contributed by atoms with van der Waals surface area (Å²) in [6.07, 6.45) is 6.39. The van der Waals surface area contributed by atoms with Gasteiger partial charge in [-0.25, -0.2) is 0 Å². The highest BCUT2D eigenvalue weighted by atomic mass is 32.1. The molecule has 1 aromatic rings. The van der Waals surface area contributed by atoms with Crippen molar-refractivity contribution in [3.8, 4) is 0 Å². The summed E-state index contributed by atoms with van der Waals surface area (Å²) in [5, 5.41) is 5.14. The molecule has 4 heteroatoms. The van der Waals surface area contributed by atoms with Gasteiger partial charge in [-0.3, -0.25) is 4.79 Å². The lowest BCUT2D eigenvalue weighted by molar-refractivity contribution is -0.127. The van der Waals surface area contributed by atoms with Crippen LogP contribution in [0, 0.1) is 0 Å². The van der Waals surface area contributed by atoms with E-state index in [-0.39, 0.29) is 11.3 Å². The molecule has 0 atom stereocenters. The van der Waals surface area contributed by atoms with E-state index in [2.05, 4.69) is 16.8 Å². The number of hydrogen-bond acceptors (Lipinski definition) is 3. The van der Waals surface area contributed by atoms with Crippen LogP contribution in [0.1, 0.15) is 43.4 Å². The first kappa shape index (κ1) is 13.6. The second kappa shape index (κ2) is 6.34. The zero-order valence-corrected chi connectivity index (χ0v) is 11.6. The third kappa shape index (κ3) is 2.75. The number of thiophene rings is 1. The maximum Gasteiger partial charge on any atom is 0.231 e. The quantitative estimate of drug-likeness (QED) is 0.804. The Kier molecular flexibility index (Phi) is 4.78. The van der Waals surface area contributed by atoms with E-state index in [1.54, 1.807) is 11.3 Å². The lowest BCUT2D eigenvalue weighted by Crippen LogP contribution is -2.45. The molecule has 100 valence electrons. The van der Waals surface area contributed by atoms with Gasteiger partial charge in [0.25, 0.3) is 0 Å². The van der Waals surface area contributed by atoms with Crippen LogP contribution in [-0.2, 0) is 10.2 Å². The second-order valence-corrected chi connectivity index (χ2v) is 5.97. The predicted octanol–water partition coefficient (Wildman–Crippen LogP) is 2.42. The Morgan fingerprint density at radius 2 is 2.17 bits per heavy atom. The van der Waals surface area contributed by atoms with Crippen molar-refractivity contribution >= 4 is 17.2 Å². The summed E-state index contributed by atoms with van der Waals surface area (Å²) in [4.78, 5) is 13.8. The molecule has 0 aliphatic heterocycles. The minimum atomic E-state index is -0.263. The normalized spacial score (nSPS) is 18.5. The van der Waals surface area contributed by atoms with Crippen LogP contribution in [0.2, 0.25) is 0 Å². The summed E-state index contributed by atoms with van der Waals surface area (Å²) in [7, 11) is 0. The van der Waals surface area contributed by atoms with E-state index in [0.29, 0.717) is 13.1 Å². The van der Waals surface area contributed by atoms with Crippen LogP contribution in [-0.4, -0.2) is 19.0 Å². The first-order valence-corrected chi connectivity index (χ1v) is 7.70. The zero-order valence-electron chi connectivity index (χ0n) is 10.8. The highest BCUT2D eigenvalue weighted by Gasteiger charge is 2.41. The first-order valence-electron chi connectivity index (χ1n) is 6.82. The molecule has 1 heterocycles. The maximum absolute atomic E-state index is 12.5. The molecule has 1 amide bonds. The van der Waals surface area contributed by atoms with Gasteiger partial charge in [0.15, 0.2) is 0 Å². The van der Waals surface area contributed by atoms with E-state index in [1.165, 1.54) is 11.3 Å². The van der Waals surface area contributed by atoms with Crippen molar-refractivity contribution in [2.45, 2.75) is 43.9 Å². The van der Waals surface area contributed by atoms with Gasteiger partial charge >= 0.3 is 0 Å². The van der Waals surface area contributed by atoms with E-state index < -0.39 is 0 Å². The molecule has 0 unspecified atom stereocenters. The topological polar surface area (TPSA) is 55.1 Å². The molecule has 0 saturated heterocycles. The number of carbonyl (C=O) groups excluding carboxylic acids is 1. The van der Waals surface area contributed by atoms with E-state index in [4.69, 9.17) is 5.73 Å². The Hall–Kier alpha value is -0.870. The molecule has 0 aromatic carbocycles. The number of nitrogens with two attached hydrogens (primary N) is 1. The molecule has 0 radical (unpaired) electrons. The highest BCUT2D eigenvalue weighted by molar-refractivity contribution is 7.10. The first-order chi connectivity index (χ1) is 8.79. The van der Waals surface area contributed by atoms with Crippen LogP contribution >= 0.6 is 11.3 Å². The Labute approximate surface area is 113 Å². The smallest absolute Gasteiger partial charge is 0.231 e. The van der Waals surface area contributed by atoms with Gasteiger partial charge in [-0.05, 0) is 37.3 Å². The summed E-state index contributed by atoms with van der Waals surface area (Å²) >= 11 is 1.71. The molecule has 1 aromatic heterocycles. The summed E-state index contributed by atoms with van der Waals surface area (Å²) in [6, 6.07) is 4.15. The Morgan fingerprint density at radius 1 is 1.39 bits per heavy atom. The van der Waals surface area contributed by atoms with E-state index >= 15 is 0 Å². The highest BCUT2D eigenvalue weighted by Crippen LogP contribution is 2.41. The predicted molar refractivity (Wildman–Crippen MR) is 75.8 cm³/mol. The van der Waals surface area contributed by atoms with Crippen LogP contribution in [0.3, 0.4) is 0 Å². The lowest BCUT2D eigenvalue weighted by atomic mass is 9.72. The van der Waals surface area contributed by atoms with Gasteiger partial charge in [-0.15, -0.1) is 11.3 Å². The molecule has 3 nitrogen and oxygen atoms in total. The van der Waals surface area contributed by atoms with Gasteiger partial charge in [0.2, 0.25) is 5.91 Å². The number of carbonyl (C=O) groups is 1. The fraction of sp³-hybridized carbons (Fsp3) is 0.643. The summed E-state index contributed by atoms with van der Waals surface area (Å²) in [5.41, 5.74) is 5.21. The van der Waals surface area contributed by atoms with Crippen molar-refractivity contribution in [2.24, 2.45) is 5.73 Å². The number of hydrogen-bond donors (Lipinski definition) is 2. The molecular weight excluding hydrogens is 244 g/mol. The minimum absolute atomic E-state index is 0.207. The fourth-order valence-electron chi connectivity index (χ4n) is 2.76. The monoisotopic (exact) mass is 266 g/mol. The van der Waals surface area contributed by atoms with Crippen LogP contribution in [0.15, 0.2) is 17.5 Å². The van der Waals surface area contributed by atoms with E-state index in [9.17, 15) is 4.79 Å². The van der Waals surface area contributed by atoms with Gasteiger partial charge in [0, 0.05) is 11.4 Å². The SMILES string of the molecule is NCCCNC(=O)C1(c2cccs2)CCCCC1. The van der Waals surface area contributed by atoms with Crippen molar-refractivity contribution in [1.29, 1.82) is 0 Å². The largest absolute Gasteiger partial charge is 0.355 e. The third-order valence-corrected chi connectivity index (χ3v) is 4.88. The Morgan fingerprint density at radius 3 is 2.78 bits per heavy atom. The standard InChI is InChI=1S/C14H22N2OS/c15-9-5-10-16-13(17)14(7-2-1-3-8-14)12-6-4-11-18-12/h4,6,11H,1-3,5,7-10,15H2,(H,16,17). The molecule has 1 saturated carbocycles. The fourth-order valence-corrected chi connectivity index (χ4v) is 3.75. The molecule has 1 aliphatic carbocycles. The molecule has 3 N–H and O–H groups in total. The average Bonchev–Trinajstić information content (AvgIpc) is 2.94. The number of nitrogens with one attached hydrogen (secondary N) is 1. The van der Waals surface area contributed by atoms with Gasteiger partial charge in [-0.2, -0.15) is 0 Å². The second-order valence-electron chi connectivity index (χ2n) is 5.02. The van der Waals surface area contributed by atoms with Crippen molar-refractivity contribution in [3.63, 3.8) is 0 Å². The van der Waals surface area contributed by atoms with Gasteiger partial charge in [-0.1, -0.05) is 25.3 Å². The zero-order chi connectivity index (χ0) is 12.8. The number of amides is 1. The van der Waals surface area contributed by atoms with Crippen LogP contribution in [0.25, 0.3) is 0 Å². The average molecular weight is 266 g/mol. The van der Waals surface area contributed by atoms with Crippen LogP contribution in [0.4, 0.5) is 0 Å². The third-order valence-electron chi connectivity index (χ3n) is 3.80. The molecule has 18 heavy (non-hydrogen) atoms. The molecule has 0 spiro atoms. The van der Waals surface area contributed by atoms with Crippen molar-refractivity contribution in [3.05, 3.63) is 22.4 Å². The molecule has 1 fully saturated rings. The van der Waals surface area contributed by atoms with Gasteiger partial charge in [0.05, 0.1) is 5.41 Å². The van der Waals surface area contributed by atoms with E-state index in [1.807, 2.05) is 6.07 Å². The summed E-state index contributed by atoms with van der Waals surface area (Å²) in [6.45, 7) is 1.33. The van der Waals surface area contributed by atoms with E-state index in [0.717, 1.165) is 32.1 Å². The Bertz CT molecular complexity index is 369. The summed E-state index contributed by atoms with van der Waals surface area (Å²) < 4.78 is 0. The van der Waals surface area contributed by atoms with Crippen LogP contribution in [0.5, 0.6) is 0 Å². The molecular formula is C14H22N2OS. The van der Waals surface area contributed by atoms with Gasteiger partial charge < -0.3 is 11.1 Å². The Balaban J connectivity index is 2.12. The molecule has 1 aliphatic rings. The summed E-state index contributed by atoms with van der Waals surface area (Å²) in [5.74, 6) is 0.207. The molecule has 0 bridgehead atoms. The van der Waals surface area contributed by atoms with Crippen molar-refractivity contribution < 1.29 is 4.79 Å². The lowest BCUT2D eigenvalue weighted by Gasteiger charge is -2.35. The van der Waals surface area contributed by atoms with Crippen molar-refractivity contribution in [1.82, 2.24) is 5.32 Å². The van der Waals surface area contributed by atoms with Crippen molar-refractivity contribution in [2.75, 3.05) is 13.1 Å².